The van der Waals surface area contributed by atoms with Crippen LogP contribution in [0.25, 0.3) is 21.5 Å². The molecule has 23 heteroatoms. The molecule has 7 aromatic rings. The van der Waals surface area contributed by atoms with Gasteiger partial charge in [0.15, 0.2) is 44.3 Å². The lowest BCUT2D eigenvalue weighted by molar-refractivity contribution is -0.344. The molecule has 6 saturated heterocycles. The number of carbonyl (C=O) groups excluding carboxylic acids is 3. The quantitative estimate of drug-likeness (QED) is 0.0161. The number of esters is 2. The average Bonchev–Trinajstić information content (AvgIpc) is 0.797. The maximum Gasteiger partial charge on any atom is 0.338 e. The number of fused-ring (bicyclic) bond motifs is 2. The fourth-order valence-corrected chi connectivity index (χ4v) is 16.2. The summed E-state index contributed by atoms with van der Waals surface area (Å²) >= 11 is 0. The summed E-state index contributed by atoms with van der Waals surface area (Å²) in [6, 6.07) is 56.5. The van der Waals surface area contributed by atoms with Crippen molar-refractivity contribution in [3.8, 4) is 11.5 Å². The van der Waals surface area contributed by atoms with E-state index < -0.39 is 155 Å². The van der Waals surface area contributed by atoms with Gasteiger partial charge in [0.2, 0.25) is 6.29 Å². The van der Waals surface area contributed by atoms with Crippen LogP contribution < -0.4 is 9.47 Å². The molecule has 0 spiro atoms. The number of benzene rings is 7. The smallest absolute Gasteiger partial charge is 0.338 e. The van der Waals surface area contributed by atoms with Crippen LogP contribution in [0.4, 0.5) is 0 Å². The monoisotopic (exact) mass is 1560 g/mol. The molecule has 22 nitrogen and oxygen atoms in total. The van der Waals surface area contributed by atoms with E-state index in [4.69, 9.17) is 90.0 Å². The van der Waals surface area contributed by atoms with E-state index in [9.17, 15) is 14.4 Å². The molecule has 0 unspecified atom stereocenters. The molecule has 112 heavy (non-hydrogen) atoms. The van der Waals surface area contributed by atoms with E-state index >= 15 is 0 Å². The third-order valence-electron chi connectivity index (χ3n) is 21.7. The van der Waals surface area contributed by atoms with Crippen molar-refractivity contribution in [1.82, 2.24) is 0 Å². The van der Waals surface area contributed by atoms with Gasteiger partial charge in [0.25, 0.3) is 0 Å². The van der Waals surface area contributed by atoms with E-state index in [2.05, 4.69) is 80.3 Å². The molecule has 0 aromatic heterocycles. The van der Waals surface area contributed by atoms with Crippen LogP contribution >= 0.6 is 0 Å². The van der Waals surface area contributed by atoms with Gasteiger partial charge in [-0.25, -0.2) is 4.79 Å². The van der Waals surface area contributed by atoms with Crippen molar-refractivity contribution in [2.75, 3.05) is 13.4 Å². The van der Waals surface area contributed by atoms with Gasteiger partial charge in [-0.1, -0.05) is 141 Å². The Morgan fingerprint density at radius 2 is 0.830 bits per heavy atom. The molecule has 0 N–H and O–H groups in total. The Bertz CT molecular complexity index is 4110. The first-order valence-corrected chi connectivity index (χ1v) is 43.8. The first kappa shape index (κ1) is 82.9. The van der Waals surface area contributed by atoms with Crippen LogP contribution in [0, 0.1) is 0 Å². The van der Waals surface area contributed by atoms with Crippen LogP contribution in [0.3, 0.4) is 0 Å². The minimum Gasteiger partial charge on any atom is -0.468 e. The summed E-state index contributed by atoms with van der Waals surface area (Å²) < 4.78 is 126. The number of ether oxygens (including phenoxy) is 19. The summed E-state index contributed by atoms with van der Waals surface area (Å²) in [6.07, 6.45) is -10.3. The number of ketones is 1. The van der Waals surface area contributed by atoms with Gasteiger partial charge in [-0.2, -0.15) is 0 Å². The zero-order valence-corrected chi connectivity index (χ0v) is 67.2. The standard InChI is InChI=1S/C89H112O22Si/c1-55(90)29-40-78(91)105-72-38-41-79(98-56(72)2)108-85-58(4)101-82(48-75(85)95-52-63-30-32-65-23-17-19-27-68(65)45-63)107-77-50-83(102-61(7)88(77)111-89(92)67-25-15-12-16-26-67)106-73-39-42-80(99-57(73)3)109-86-59(5)103-84(49-76(86)96-53-64-31-33-66-24-18-20-28-69(66)46-64)110-87-60(6)100-81(47-74(87)94-51-62-21-13-11-14-22-62)104-71-36-34-70(35-37-71)97-54-93-43-44-112(8,9)10/h11-28,30-37,45-46,56-61,72-77,79-88H,29,38-44,47-54H2,1-10H3/t56-,57-,58+,59+,60+,61+,72-,73-,74+,75+,76+,77+,79-,80-,81-,82-,83+,84-,85+,86+,87+,88+/m0/s1. The highest BCUT2D eigenvalue weighted by atomic mass is 28.3. The SMILES string of the molecule is CC(=O)CCC(=O)O[C@H]1CC[C@H](O[C@@H]2[C@@H](C)O[C@@H](O[C@@H]3C[C@@H](O[C@H]4CC[C@H](O[C@@H]5[C@@H](C)O[C@@H](O[C@@H]6[C@@H](C)O[C@@H](Oc7ccc(OCOCC[Si](C)(C)C)cc7)C[C@H]6OCc6ccccc6)C[C@H]5OCc5ccc6ccccc6c5)O[C@H]4C)O[C@H](C)[C@H]3OC(=O)c3ccccc3)C[C@H]2OCc2ccc3ccccc3c2)O[C@H]1C. The summed E-state index contributed by atoms with van der Waals surface area (Å²) in [5.74, 6) is 0.257. The van der Waals surface area contributed by atoms with Gasteiger partial charge < -0.3 is 94.8 Å². The number of Topliss-reactive ketones (excluding diaryl/α,β-unsaturated/α-hetero) is 1. The van der Waals surface area contributed by atoms with E-state index in [1.165, 1.54) is 6.92 Å². The van der Waals surface area contributed by atoms with Gasteiger partial charge in [0.1, 0.15) is 47.8 Å². The van der Waals surface area contributed by atoms with E-state index in [1.54, 1.807) is 24.3 Å². The Balaban J connectivity index is 0.668. The lowest BCUT2D eigenvalue weighted by Crippen LogP contribution is -2.57. The molecular formula is C89H112O22Si. The molecule has 6 aliphatic rings. The topological polar surface area (TPSA) is 227 Å². The number of hydrogen-bond donors (Lipinski definition) is 0. The minimum atomic E-state index is -1.22. The van der Waals surface area contributed by atoms with Crippen molar-refractivity contribution in [2.24, 2.45) is 0 Å². The molecule has 6 fully saturated rings. The van der Waals surface area contributed by atoms with Crippen LogP contribution in [0.2, 0.25) is 25.7 Å². The maximum absolute atomic E-state index is 14.0. The van der Waals surface area contributed by atoms with Crippen molar-refractivity contribution < 1.29 is 104 Å². The highest BCUT2D eigenvalue weighted by molar-refractivity contribution is 6.76. The van der Waals surface area contributed by atoms with Gasteiger partial charge in [-0.3, -0.25) is 4.79 Å². The second-order valence-electron chi connectivity index (χ2n) is 31.8. The van der Waals surface area contributed by atoms with Crippen molar-refractivity contribution in [3.63, 3.8) is 0 Å². The number of carbonyl (C=O) groups is 3. The Hall–Kier alpha value is -7.11. The largest absolute Gasteiger partial charge is 0.468 e. The summed E-state index contributed by atoms with van der Waals surface area (Å²) in [4.78, 5) is 38.3. The van der Waals surface area contributed by atoms with Crippen LogP contribution in [-0.4, -0.2) is 175 Å². The van der Waals surface area contributed by atoms with E-state index in [1.807, 2.05) is 126 Å². The molecule has 0 radical (unpaired) electrons. The van der Waals surface area contributed by atoms with E-state index in [0.29, 0.717) is 75.4 Å². The van der Waals surface area contributed by atoms with Crippen molar-refractivity contribution in [3.05, 3.63) is 192 Å². The molecule has 6 aliphatic heterocycles. The van der Waals surface area contributed by atoms with Gasteiger partial charge >= 0.3 is 11.9 Å². The van der Waals surface area contributed by atoms with Crippen LogP contribution in [0.1, 0.15) is 140 Å². The zero-order chi connectivity index (χ0) is 78.3. The summed E-state index contributed by atoms with van der Waals surface area (Å²) in [5.41, 5.74) is 3.39. The Morgan fingerprint density at radius 3 is 1.37 bits per heavy atom. The normalized spacial score (nSPS) is 31.2. The van der Waals surface area contributed by atoms with Crippen LogP contribution in [-0.2, 0) is 110 Å². The van der Waals surface area contributed by atoms with E-state index in [0.717, 1.165) is 44.3 Å². The molecule has 22 atom stereocenters. The maximum atomic E-state index is 14.0. The van der Waals surface area contributed by atoms with Crippen molar-refractivity contribution in [2.45, 2.75) is 294 Å². The molecule has 0 aliphatic carbocycles. The average molecular weight is 1560 g/mol. The molecular weight excluding hydrogens is 1450 g/mol. The Morgan fingerprint density at radius 1 is 0.393 bits per heavy atom. The molecule has 0 saturated carbocycles. The molecule has 7 aromatic carbocycles. The highest BCUT2D eigenvalue weighted by Gasteiger charge is 2.50. The van der Waals surface area contributed by atoms with Crippen LogP contribution in [0.15, 0.2) is 170 Å². The first-order valence-electron chi connectivity index (χ1n) is 40.1. The number of rotatable bonds is 33. The minimum absolute atomic E-state index is 0.0112. The third kappa shape index (κ3) is 23.3. The molecule has 0 bridgehead atoms. The van der Waals surface area contributed by atoms with Gasteiger partial charge in [-0.05, 0) is 154 Å². The van der Waals surface area contributed by atoms with Gasteiger partial charge in [-0.15, -0.1) is 0 Å². The van der Waals surface area contributed by atoms with Crippen molar-refractivity contribution >= 4 is 47.3 Å². The molecule has 6 heterocycles. The lowest BCUT2D eigenvalue weighted by atomic mass is 9.99. The summed E-state index contributed by atoms with van der Waals surface area (Å²) in [5, 5.41) is 4.45. The summed E-state index contributed by atoms with van der Waals surface area (Å²) in [6.45, 7) is 21.8. The predicted octanol–water partition coefficient (Wildman–Crippen LogP) is 15.8. The molecule has 604 valence electrons. The first-order chi connectivity index (χ1) is 54.1. The Kier molecular flexibility index (Phi) is 29.2. The second-order valence-corrected chi connectivity index (χ2v) is 37.4. The Labute approximate surface area is 659 Å². The molecule has 0 amide bonds. The zero-order valence-electron chi connectivity index (χ0n) is 66.2. The second kappa shape index (κ2) is 39.5. The third-order valence-corrected chi connectivity index (χ3v) is 23.4. The fraction of sp³-hybridized carbons (Fsp3) is 0.539. The van der Waals surface area contributed by atoms with E-state index in [-0.39, 0.29) is 44.9 Å². The highest BCUT2D eigenvalue weighted by Crippen LogP contribution is 2.40. The fourth-order valence-electron chi connectivity index (χ4n) is 15.5. The van der Waals surface area contributed by atoms with Crippen LogP contribution in [0.5, 0.6) is 11.5 Å². The lowest BCUT2D eigenvalue weighted by Gasteiger charge is -2.47. The summed E-state index contributed by atoms with van der Waals surface area (Å²) in [7, 11) is -1.22. The predicted molar refractivity (Wildman–Crippen MR) is 419 cm³/mol. The van der Waals surface area contributed by atoms with Gasteiger partial charge in [0.05, 0.1) is 92.8 Å². The molecule has 13 rings (SSSR count). The number of hydrogen-bond acceptors (Lipinski definition) is 22. The van der Waals surface area contributed by atoms with Crippen molar-refractivity contribution in [1.29, 1.82) is 0 Å². The van der Waals surface area contributed by atoms with Gasteiger partial charge in [0, 0.05) is 59.6 Å².